The monoisotopic (exact) mass is 799 g/mol. The van der Waals surface area contributed by atoms with Crippen LogP contribution in [-0.4, -0.2) is 33.7 Å². The molecule has 258 valence electrons. The molecule has 0 spiro atoms. The van der Waals surface area contributed by atoms with Crippen molar-refractivity contribution in [2.75, 3.05) is 10.3 Å². The summed E-state index contributed by atoms with van der Waals surface area (Å²) in [4.78, 5) is 60.4. The lowest BCUT2D eigenvalue weighted by molar-refractivity contribution is -0.138. The molecule has 0 bridgehead atoms. The van der Waals surface area contributed by atoms with Crippen LogP contribution >= 0.6 is 22.6 Å². The van der Waals surface area contributed by atoms with Crippen LogP contribution in [0, 0.1) is 34.2 Å². The molecule has 5 aromatic carbocycles. The number of aryl methyl sites for hydroxylation is 1. The third-order valence-corrected chi connectivity index (χ3v) is 12.4. The lowest BCUT2D eigenvalue weighted by Gasteiger charge is -2.51. The highest BCUT2D eigenvalue weighted by Gasteiger charge is 2.70. The van der Waals surface area contributed by atoms with Crippen molar-refractivity contribution < 1.29 is 24.3 Å². The van der Waals surface area contributed by atoms with Crippen molar-refractivity contribution in [2.24, 2.45) is 23.7 Å². The van der Waals surface area contributed by atoms with E-state index in [4.69, 9.17) is 0 Å². The number of imide groups is 2. The maximum absolute atomic E-state index is 15.4. The standard InChI is InChI=1S/C43H34IN3O5/c1-24-11-15-27(16-12-24)45-47-40(50)35-23-34-32(19-20-33-37(34)41(51)46(39(33)49)28-17-13-26(44)14-18-28)38(43(35,42(47)52)25-7-3-2-4-8-25)31-21-22-36(48)30-10-6-5-9-29(30)31/h2-19,21-22,33-35,37-38,45,48H,20,23H2,1H3. The molecule has 9 heteroatoms. The largest absolute Gasteiger partial charge is 0.507 e. The number of hydrogen-bond donors (Lipinski definition) is 2. The highest BCUT2D eigenvalue weighted by atomic mass is 127. The number of carbonyl (C=O) groups is 4. The summed E-state index contributed by atoms with van der Waals surface area (Å²) >= 11 is 2.20. The van der Waals surface area contributed by atoms with Crippen LogP contribution < -0.4 is 10.3 Å². The summed E-state index contributed by atoms with van der Waals surface area (Å²) in [5, 5.41) is 13.6. The number of halogens is 1. The Morgan fingerprint density at radius 1 is 0.750 bits per heavy atom. The van der Waals surface area contributed by atoms with Crippen molar-refractivity contribution >= 4 is 68.4 Å². The number of phenols is 1. The highest BCUT2D eigenvalue weighted by molar-refractivity contribution is 14.1. The van der Waals surface area contributed by atoms with Gasteiger partial charge in [0.2, 0.25) is 11.8 Å². The fourth-order valence-corrected chi connectivity index (χ4v) is 9.85. The minimum atomic E-state index is -1.40. The Balaban J connectivity index is 1.27. The minimum Gasteiger partial charge on any atom is -0.507 e. The zero-order chi connectivity index (χ0) is 35.9. The van der Waals surface area contributed by atoms with Crippen molar-refractivity contribution in [3.05, 3.63) is 147 Å². The summed E-state index contributed by atoms with van der Waals surface area (Å²) in [7, 11) is 0. The molecule has 52 heavy (non-hydrogen) atoms. The Morgan fingerprint density at radius 2 is 1.44 bits per heavy atom. The SMILES string of the molecule is Cc1ccc(NN2C(=O)C3CC4C(=CCC5C(=O)N(c6ccc(I)cc6)C(=O)C54)C(c4ccc(O)c5ccccc45)C3(c3ccccc3)C2=O)cc1. The van der Waals surface area contributed by atoms with E-state index in [0.29, 0.717) is 28.7 Å². The summed E-state index contributed by atoms with van der Waals surface area (Å²) in [6.07, 6.45) is 2.61. The third kappa shape index (κ3) is 4.64. The molecule has 4 amide bonds. The Bertz CT molecular complexity index is 2340. The van der Waals surface area contributed by atoms with Crippen LogP contribution in [-0.2, 0) is 24.6 Å². The van der Waals surface area contributed by atoms with E-state index in [-0.39, 0.29) is 35.8 Å². The van der Waals surface area contributed by atoms with Crippen molar-refractivity contribution in [1.29, 1.82) is 0 Å². The van der Waals surface area contributed by atoms with E-state index in [1.165, 1.54) is 9.91 Å². The van der Waals surface area contributed by atoms with Gasteiger partial charge in [0.25, 0.3) is 11.8 Å². The van der Waals surface area contributed by atoms with Gasteiger partial charge in [0, 0.05) is 14.9 Å². The van der Waals surface area contributed by atoms with E-state index in [9.17, 15) is 19.5 Å². The van der Waals surface area contributed by atoms with Gasteiger partial charge < -0.3 is 5.11 Å². The molecular weight excluding hydrogens is 765 g/mol. The van der Waals surface area contributed by atoms with Gasteiger partial charge in [0.15, 0.2) is 0 Å². The summed E-state index contributed by atoms with van der Waals surface area (Å²) in [6.45, 7) is 1.97. The molecule has 3 fully saturated rings. The number of carbonyl (C=O) groups excluding carboxylic acids is 4. The number of hydrazine groups is 1. The molecular formula is C43H34IN3O5. The van der Waals surface area contributed by atoms with Gasteiger partial charge in [-0.25, -0.2) is 0 Å². The first-order valence-electron chi connectivity index (χ1n) is 17.5. The van der Waals surface area contributed by atoms with Gasteiger partial charge in [0.1, 0.15) is 5.75 Å². The smallest absolute Gasteiger partial charge is 0.260 e. The van der Waals surface area contributed by atoms with Crippen LogP contribution in [0.3, 0.4) is 0 Å². The summed E-state index contributed by atoms with van der Waals surface area (Å²) in [5.74, 6) is -4.51. The first kappa shape index (κ1) is 32.6. The van der Waals surface area contributed by atoms with Crippen LogP contribution in [0.4, 0.5) is 11.4 Å². The average Bonchev–Trinajstić information content (AvgIpc) is 3.54. The number of aromatic hydroxyl groups is 1. The molecule has 9 rings (SSSR count). The van der Waals surface area contributed by atoms with Gasteiger partial charge >= 0.3 is 0 Å². The Labute approximate surface area is 314 Å². The van der Waals surface area contributed by atoms with Crippen LogP contribution in [0.1, 0.15) is 35.4 Å². The maximum Gasteiger partial charge on any atom is 0.260 e. The summed E-state index contributed by atoms with van der Waals surface area (Å²) in [6, 6.07) is 35.4. The molecule has 2 saturated heterocycles. The molecule has 5 aromatic rings. The number of fused-ring (bicyclic) bond motifs is 5. The van der Waals surface area contributed by atoms with Crippen molar-refractivity contribution in [2.45, 2.75) is 31.1 Å². The van der Waals surface area contributed by atoms with Gasteiger partial charge in [-0.3, -0.25) is 29.5 Å². The molecule has 0 radical (unpaired) electrons. The topological polar surface area (TPSA) is 107 Å². The predicted octanol–water partition coefficient (Wildman–Crippen LogP) is 7.65. The highest BCUT2D eigenvalue weighted by Crippen LogP contribution is 2.65. The van der Waals surface area contributed by atoms with Crippen LogP contribution in [0.5, 0.6) is 5.75 Å². The molecule has 6 atom stereocenters. The quantitative estimate of drug-likeness (QED) is 0.108. The van der Waals surface area contributed by atoms with E-state index in [1.807, 2.05) is 104 Å². The first-order valence-corrected chi connectivity index (χ1v) is 18.6. The van der Waals surface area contributed by atoms with Gasteiger partial charge in [-0.2, -0.15) is 5.01 Å². The second-order valence-corrected chi connectivity index (χ2v) is 15.5. The number of nitrogens with zero attached hydrogens (tertiary/aromatic N) is 2. The van der Waals surface area contributed by atoms with E-state index in [1.54, 1.807) is 18.2 Å². The third-order valence-electron chi connectivity index (χ3n) is 11.7. The Kier molecular flexibility index (Phi) is 7.62. The number of nitrogens with one attached hydrogen (secondary N) is 1. The summed E-state index contributed by atoms with van der Waals surface area (Å²) in [5.41, 5.74) is 6.29. The van der Waals surface area contributed by atoms with Crippen molar-refractivity contribution in [3.8, 4) is 5.75 Å². The molecule has 2 aliphatic heterocycles. The summed E-state index contributed by atoms with van der Waals surface area (Å²) < 4.78 is 0.989. The first-order chi connectivity index (χ1) is 25.2. The second kappa shape index (κ2) is 12.2. The molecule has 0 aromatic heterocycles. The number of hydrogen-bond acceptors (Lipinski definition) is 6. The molecule has 1 saturated carbocycles. The number of anilines is 2. The number of amides is 4. The van der Waals surface area contributed by atoms with E-state index < -0.39 is 35.0 Å². The van der Waals surface area contributed by atoms with Gasteiger partial charge in [0.05, 0.1) is 34.5 Å². The zero-order valence-electron chi connectivity index (χ0n) is 28.2. The molecule has 2 N–H and O–H groups in total. The number of phenolic OH excluding ortho intramolecular Hbond substituents is 1. The van der Waals surface area contributed by atoms with Crippen molar-refractivity contribution in [1.82, 2.24) is 5.01 Å². The second-order valence-electron chi connectivity index (χ2n) is 14.3. The Morgan fingerprint density at radius 3 is 2.17 bits per heavy atom. The lowest BCUT2D eigenvalue weighted by atomic mass is 9.49. The molecule has 2 aliphatic carbocycles. The van der Waals surface area contributed by atoms with E-state index >= 15 is 4.79 Å². The Hall–Kier alpha value is -5.29. The number of benzene rings is 5. The van der Waals surface area contributed by atoms with Crippen molar-refractivity contribution in [3.63, 3.8) is 0 Å². The lowest BCUT2D eigenvalue weighted by Crippen LogP contribution is -2.53. The van der Waals surface area contributed by atoms with Crippen LogP contribution in [0.2, 0.25) is 0 Å². The average molecular weight is 800 g/mol. The maximum atomic E-state index is 15.4. The predicted molar refractivity (Wildman–Crippen MR) is 206 cm³/mol. The normalized spacial score (nSPS) is 26.7. The molecule has 2 heterocycles. The van der Waals surface area contributed by atoms with Gasteiger partial charge in [-0.15, -0.1) is 0 Å². The van der Waals surface area contributed by atoms with Gasteiger partial charge in [-0.1, -0.05) is 90.0 Å². The fraction of sp³-hybridized carbons (Fsp3) is 0.209. The molecule has 8 nitrogen and oxygen atoms in total. The van der Waals surface area contributed by atoms with Crippen LogP contribution in [0.15, 0.2) is 127 Å². The fourth-order valence-electron chi connectivity index (χ4n) is 9.49. The molecule has 4 aliphatic rings. The van der Waals surface area contributed by atoms with E-state index in [2.05, 4.69) is 34.1 Å². The van der Waals surface area contributed by atoms with Crippen LogP contribution in [0.25, 0.3) is 10.8 Å². The zero-order valence-corrected chi connectivity index (χ0v) is 30.4. The van der Waals surface area contributed by atoms with E-state index in [0.717, 1.165) is 25.7 Å². The van der Waals surface area contributed by atoms with Gasteiger partial charge in [-0.05, 0) is 107 Å². The number of allylic oxidation sites excluding steroid dienone is 2. The molecule has 6 unspecified atom stereocenters. The minimum absolute atomic E-state index is 0.107. The number of rotatable bonds is 5.